The molecule has 0 aliphatic carbocycles. The van der Waals surface area contributed by atoms with Gasteiger partial charge in [0.25, 0.3) is 0 Å². The number of halogens is 3. The fourth-order valence-corrected chi connectivity index (χ4v) is 1.58. The van der Waals surface area contributed by atoms with Crippen molar-refractivity contribution in [2.45, 2.75) is 25.6 Å². The van der Waals surface area contributed by atoms with Crippen LogP contribution in [0.4, 0.5) is 13.2 Å². The van der Waals surface area contributed by atoms with Gasteiger partial charge in [-0.05, 0) is 31.0 Å². The summed E-state index contributed by atoms with van der Waals surface area (Å²) in [5, 5.41) is 0. The third kappa shape index (κ3) is 2.79. The second-order valence-corrected chi connectivity index (χ2v) is 4.17. The summed E-state index contributed by atoms with van der Waals surface area (Å²) < 4.78 is 43.4. The Kier molecular flexibility index (Phi) is 3.84. The zero-order valence-corrected chi connectivity index (χ0v) is 10.1. The van der Waals surface area contributed by atoms with Gasteiger partial charge in [0.05, 0.1) is 5.56 Å². The lowest BCUT2D eigenvalue weighted by molar-refractivity contribution is -0.138. The van der Waals surface area contributed by atoms with Crippen LogP contribution in [0.25, 0.3) is 0 Å². The first-order valence-electron chi connectivity index (χ1n) is 5.18. The van der Waals surface area contributed by atoms with E-state index in [0.717, 1.165) is 6.07 Å². The second-order valence-electron chi connectivity index (χ2n) is 4.17. The van der Waals surface area contributed by atoms with Gasteiger partial charge >= 0.3 is 6.18 Å². The van der Waals surface area contributed by atoms with E-state index in [-0.39, 0.29) is 12.1 Å². The number of nitrogens with two attached hydrogens (primary N) is 1. The normalized spacial score (nSPS) is 15.7. The van der Waals surface area contributed by atoms with Gasteiger partial charge in [-0.2, -0.15) is 13.2 Å². The molecule has 0 aromatic heterocycles. The van der Waals surface area contributed by atoms with Crippen LogP contribution in [0.1, 0.15) is 23.6 Å². The molecule has 1 aromatic rings. The lowest BCUT2D eigenvalue weighted by atomic mass is 9.92. The Bertz CT molecular complexity index is 397. The van der Waals surface area contributed by atoms with Crippen LogP contribution < -0.4 is 5.73 Å². The maximum Gasteiger partial charge on any atom is 0.416 e. The van der Waals surface area contributed by atoms with E-state index in [0.29, 0.717) is 5.56 Å². The van der Waals surface area contributed by atoms with Gasteiger partial charge in [0.1, 0.15) is 5.60 Å². The van der Waals surface area contributed by atoms with Crippen LogP contribution in [-0.4, -0.2) is 13.7 Å². The van der Waals surface area contributed by atoms with Gasteiger partial charge < -0.3 is 10.5 Å². The first-order chi connectivity index (χ1) is 7.74. The highest BCUT2D eigenvalue weighted by Crippen LogP contribution is 2.35. The van der Waals surface area contributed by atoms with E-state index in [1.807, 2.05) is 0 Å². The molecular weight excluding hydrogens is 231 g/mol. The third-order valence-corrected chi connectivity index (χ3v) is 2.99. The molecule has 17 heavy (non-hydrogen) atoms. The molecule has 1 unspecified atom stereocenters. The van der Waals surface area contributed by atoms with Crippen molar-refractivity contribution in [3.05, 3.63) is 34.9 Å². The Morgan fingerprint density at radius 3 is 2.29 bits per heavy atom. The lowest BCUT2D eigenvalue weighted by Gasteiger charge is -2.28. The Balaban J connectivity index is 3.31. The van der Waals surface area contributed by atoms with Crippen LogP contribution in [0.15, 0.2) is 18.2 Å². The van der Waals surface area contributed by atoms with E-state index < -0.39 is 17.3 Å². The van der Waals surface area contributed by atoms with E-state index >= 15 is 0 Å². The molecule has 5 heteroatoms. The van der Waals surface area contributed by atoms with Crippen molar-refractivity contribution in [3.63, 3.8) is 0 Å². The van der Waals surface area contributed by atoms with Crippen LogP contribution in [0.2, 0.25) is 0 Å². The molecule has 0 heterocycles. The number of rotatable bonds is 3. The van der Waals surface area contributed by atoms with Crippen molar-refractivity contribution in [3.8, 4) is 0 Å². The van der Waals surface area contributed by atoms with Gasteiger partial charge in [-0.1, -0.05) is 12.1 Å². The molecule has 0 saturated heterocycles. The van der Waals surface area contributed by atoms with Gasteiger partial charge in [-0.25, -0.2) is 0 Å². The van der Waals surface area contributed by atoms with Gasteiger partial charge in [0.15, 0.2) is 0 Å². The van der Waals surface area contributed by atoms with Crippen LogP contribution in [0, 0.1) is 6.92 Å². The molecule has 2 N–H and O–H groups in total. The maximum absolute atomic E-state index is 12.8. The van der Waals surface area contributed by atoms with Crippen LogP contribution in [-0.2, 0) is 16.5 Å². The summed E-state index contributed by atoms with van der Waals surface area (Å²) in [5.41, 5.74) is 4.62. The number of hydrogen-bond acceptors (Lipinski definition) is 2. The zero-order valence-electron chi connectivity index (χ0n) is 10.1. The average molecular weight is 247 g/mol. The van der Waals surface area contributed by atoms with E-state index in [1.54, 1.807) is 13.0 Å². The number of alkyl halides is 3. The lowest BCUT2D eigenvalue weighted by Crippen LogP contribution is -2.34. The Morgan fingerprint density at radius 1 is 1.29 bits per heavy atom. The molecule has 0 saturated carbocycles. The molecule has 0 amide bonds. The summed E-state index contributed by atoms with van der Waals surface area (Å²) in [6, 6.07) is 4.15. The van der Waals surface area contributed by atoms with Crippen molar-refractivity contribution < 1.29 is 17.9 Å². The number of hydrogen-bond donors (Lipinski definition) is 1. The van der Waals surface area contributed by atoms with Crippen molar-refractivity contribution in [1.82, 2.24) is 0 Å². The highest BCUT2D eigenvalue weighted by Gasteiger charge is 2.34. The molecule has 0 fully saturated rings. The third-order valence-electron chi connectivity index (χ3n) is 2.99. The summed E-state index contributed by atoms with van der Waals surface area (Å²) >= 11 is 0. The monoisotopic (exact) mass is 247 g/mol. The fraction of sp³-hybridized carbons (Fsp3) is 0.500. The minimum absolute atomic E-state index is 0.115. The molecule has 2 nitrogen and oxygen atoms in total. The first kappa shape index (κ1) is 14.0. The standard InChI is InChI=1S/C12H16F3NO/c1-8-4-5-9(11(2,7-16)17-3)6-10(8)12(13,14)15/h4-6H,7,16H2,1-3H3. The smallest absolute Gasteiger partial charge is 0.372 e. The SMILES string of the molecule is COC(C)(CN)c1ccc(C)c(C(F)(F)F)c1. The van der Waals surface area contributed by atoms with Crippen molar-refractivity contribution in [2.24, 2.45) is 5.73 Å². The van der Waals surface area contributed by atoms with Crippen LogP contribution >= 0.6 is 0 Å². The van der Waals surface area contributed by atoms with E-state index in [1.165, 1.54) is 20.1 Å². The molecule has 1 atom stereocenters. The summed E-state index contributed by atoms with van der Waals surface area (Å²) in [4.78, 5) is 0. The minimum atomic E-state index is -4.36. The minimum Gasteiger partial charge on any atom is -0.372 e. The van der Waals surface area contributed by atoms with Gasteiger partial charge in [0.2, 0.25) is 0 Å². The number of ether oxygens (including phenoxy) is 1. The first-order valence-corrected chi connectivity index (χ1v) is 5.18. The summed E-state index contributed by atoms with van der Waals surface area (Å²) in [6.07, 6.45) is -4.36. The average Bonchev–Trinajstić information content (AvgIpc) is 2.27. The quantitative estimate of drug-likeness (QED) is 0.891. The molecule has 96 valence electrons. The number of methoxy groups -OCH3 is 1. The van der Waals surface area contributed by atoms with E-state index in [2.05, 4.69) is 0 Å². The molecule has 0 aliphatic heterocycles. The molecule has 0 bridgehead atoms. The van der Waals surface area contributed by atoms with Crippen LogP contribution in [0.3, 0.4) is 0 Å². The van der Waals surface area contributed by atoms with Crippen molar-refractivity contribution in [2.75, 3.05) is 13.7 Å². The Labute approximate surface area is 98.6 Å². The Hall–Kier alpha value is -1.07. The summed E-state index contributed by atoms with van der Waals surface area (Å²) in [6.45, 7) is 3.21. The van der Waals surface area contributed by atoms with E-state index in [4.69, 9.17) is 10.5 Å². The van der Waals surface area contributed by atoms with Crippen LogP contribution in [0.5, 0.6) is 0 Å². The summed E-state index contributed by atoms with van der Waals surface area (Å²) in [5.74, 6) is 0. The maximum atomic E-state index is 12.8. The highest BCUT2D eigenvalue weighted by molar-refractivity contribution is 5.36. The largest absolute Gasteiger partial charge is 0.416 e. The molecule has 0 radical (unpaired) electrons. The van der Waals surface area contributed by atoms with Gasteiger partial charge in [-0.15, -0.1) is 0 Å². The predicted octanol–water partition coefficient (Wildman–Crippen LogP) is 2.83. The predicted molar refractivity (Wildman–Crippen MR) is 59.6 cm³/mol. The summed E-state index contributed by atoms with van der Waals surface area (Å²) in [7, 11) is 1.43. The second kappa shape index (κ2) is 4.66. The van der Waals surface area contributed by atoms with Crippen molar-refractivity contribution in [1.29, 1.82) is 0 Å². The zero-order chi connectivity index (χ0) is 13.3. The molecule has 0 aliphatic rings. The van der Waals surface area contributed by atoms with Gasteiger partial charge in [0, 0.05) is 13.7 Å². The highest BCUT2D eigenvalue weighted by atomic mass is 19.4. The number of benzene rings is 1. The number of aryl methyl sites for hydroxylation is 1. The molecule has 1 aromatic carbocycles. The van der Waals surface area contributed by atoms with E-state index in [9.17, 15) is 13.2 Å². The fourth-order valence-electron chi connectivity index (χ4n) is 1.58. The Morgan fingerprint density at radius 2 is 1.88 bits per heavy atom. The van der Waals surface area contributed by atoms with Gasteiger partial charge in [-0.3, -0.25) is 0 Å². The van der Waals surface area contributed by atoms with Crippen molar-refractivity contribution >= 4 is 0 Å². The molecule has 0 spiro atoms. The topological polar surface area (TPSA) is 35.2 Å². The molecular formula is C12H16F3NO. The molecule has 1 rings (SSSR count).